The summed E-state index contributed by atoms with van der Waals surface area (Å²) in [6.07, 6.45) is 0.847. The molecule has 0 atom stereocenters. The Labute approximate surface area is 176 Å². The average Bonchev–Trinajstić information content (AvgIpc) is 2.73. The average molecular weight is 429 g/mol. The van der Waals surface area contributed by atoms with E-state index in [1.54, 1.807) is 48.5 Å². The monoisotopic (exact) mass is 428 g/mol. The van der Waals surface area contributed by atoms with Gasteiger partial charge in [-0.2, -0.15) is 0 Å². The van der Waals surface area contributed by atoms with Gasteiger partial charge in [-0.1, -0.05) is 48.0 Å². The highest BCUT2D eigenvalue weighted by Gasteiger charge is 2.21. The molecule has 3 aromatic rings. The predicted octanol–water partition coefficient (Wildman–Crippen LogP) is 4.74. The summed E-state index contributed by atoms with van der Waals surface area (Å²) in [7, 11) is -2.24. The first-order valence-corrected chi connectivity index (χ1v) is 10.9. The number of para-hydroxylation sites is 1. The molecular weight excluding hydrogens is 408 g/mol. The fourth-order valence-corrected chi connectivity index (χ4v) is 4.17. The number of nitrogens with zero attached hydrogens (tertiary/aromatic N) is 1. The first-order chi connectivity index (χ1) is 13.9. The van der Waals surface area contributed by atoms with Crippen LogP contribution in [0.3, 0.4) is 0 Å². The number of aryl methyl sites for hydroxylation is 1. The third-order valence-electron chi connectivity index (χ3n) is 4.45. The fraction of sp³-hybridized carbons (Fsp3) is 0.136. The second-order valence-electron chi connectivity index (χ2n) is 6.51. The number of benzene rings is 3. The van der Waals surface area contributed by atoms with Crippen molar-refractivity contribution in [3.63, 3.8) is 0 Å². The van der Waals surface area contributed by atoms with Crippen LogP contribution in [0.4, 0.5) is 11.4 Å². The number of amides is 1. The van der Waals surface area contributed by atoms with Gasteiger partial charge in [-0.05, 0) is 54.4 Å². The van der Waals surface area contributed by atoms with Gasteiger partial charge in [-0.25, -0.2) is 8.42 Å². The zero-order valence-corrected chi connectivity index (χ0v) is 17.5. The normalized spacial score (nSPS) is 11.1. The number of anilines is 2. The van der Waals surface area contributed by atoms with Gasteiger partial charge < -0.3 is 5.32 Å². The number of carbonyl (C=O) groups excluding carboxylic acids is 1. The van der Waals surface area contributed by atoms with E-state index in [0.29, 0.717) is 22.8 Å². The zero-order valence-electron chi connectivity index (χ0n) is 15.9. The van der Waals surface area contributed by atoms with E-state index in [1.807, 2.05) is 18.2 Å². The molecule has 0 saturated carbocycles. The molecule has 0 spiro atoms. The lowest BCUT2D eigenvalue weighted by Crippen LogP contribution is -2.26. The Hall–Kier alpha value is -2.83. The molecular formula is C22H21ClN2O3S. The molecule has 0 aromatic heterocycles. The molecule has 1 N–H and O–H groups in total. The van der Waals surface area contributed by atoms with Gasteiger partial charge in [-0.3, -0.25) is 9.10 Å². The highest BCUT2D eigenvalue weighted by Crippen LogP contribution is 2.23. The van der Waals surface area contributed by atoms with Crippen molar-refractivity contribution in [3.8, 4) is 0 Å². The van der Waals surface area contributed by atoms with Crippen LogP contribution in [0.25, 0.3) is 0 Å². The van der Waals surface area contributed by atoms with Crippen molar-refractivity contribution in [2.45, 2.75) is 17.7 Å². The van der Waals surface area contributed by atoms with Crippen LogP contribution < -0.4 is 9.62 Å². The van der Waals surface area contributed by atoms with Crippen LogP contribution in [-0.2, 0) is 21.2 Å². The van der Waals surface area contributed by atoms with Crippen LogP contribution in [0.15, 0.2) is 83.8 Å². The Morgan fingerprint density at radius 2 is 1.66 bits per heavy atom. The minimum absolute atomic E-state index is 0.111. The molecule has 0 aliphatic carbocycles. The van der Waals surface area contributed by atoms with E-state index < -0.39 is 10.0 Å². The largest absolute Gasteiger partial charge is 0.326 e. The first-order valence-electron chi connectivity index (χ1n) is 9.04. The second kappa shape index (κ2) is 9.11. The van der Waals surface area contributed by atoms with E-state index in [2.05, 4.69) is 5.32 Å². The molecule has 0 aliphatic rings. The van der Waals surface area contributed by atoms with Crippen LogP contribution in [0.1, 0.15) is 12.0 Å². The number of hydrogen-bond acceptors (Lipinski definition) is 3. The van der Waals surface area contributed by atoms with Gasteiger partial charge in [0.1, 0.15) is 0 Å². The smallest absolute Gasteiger partial charge is 0.264 e. The van der Waals surface area contributed by atoms with E-state index in [-0.39, 0.29) is 17.2 Å². The van der Waals surface area contributed by atoms with Crippen molar-refractivity contribution in [2.75, 3.05) is 16.7 Å². The SMILES string of the molecule is CN(c1ccccc1)S(=O)(=O)c1cccc(NC(=O)CCc2ccc(Cl)cc2)c1. The lowest BCUT2D eigenvalue weighted by Gasteiger charge is -2.19. The molecule has 0 bridgehead atoms. The van der Waals surface area contributed by atoms with Crippen LogP contribution >= 0.6 is 11.6 Å². The Bertz CT molecular complexity index is 1080. The van der Waals surface area contributed by atoms with E-state index in [4.69, 9.17) is 11.6 Å². The summed E-state index contributed by atoms with van der Waals surface area (Å²) in [5.74, 6) is -0.189. The fourth-order valence-electron chi connectivity index (χ4n) is 2.80. The molecule has 3 aromatic carbocycles. The van der Waals surface area contributed by atoms with E-state index in [0.717, 1.165) is 5.56 Å². The quantitative estimate of drug-likeness (QED) is 0.591. The third-order valence-corrected chi connectivity index (χ3v) is 6.48. The van der Waals surface area contributed by atoms with Gasteiger partial charge >= 0.3 is 0 Å². The lowest BCUT2D eigenvalue weighted by atomic mass is 10.1. The molecule has 29 heavy (non-hydrogen) atoms. The Morgan fingerprint density at radius 1 is 0.966 bits per heavy atom. The predicted molar refractivity (Wildman–Crippen MR) is 117 cm³/mol. The molecule has 0 aliphatic heterocycles. The molecule has 0 radical (unpaired) electrons. The van der Waals surface area contributed by atoms with Crippen LogP contribution in [0.5, 0.6) is 0 Å². The summed E-state index contributed by atoms with van der Waals surface area (Å²) in [6, 6.07) is 22.4. The number of sulfonamides is 1. The number of halogens is 1. The topological polar surface area (TPSA) is 66.5 Å². The molecule has 0 unspecified atom stereocenters. The van der Waals surface area contributed by atoms with Crippen molar-refractivity contribution in [1.82, 2.24) is 0 Å². The Kier molecular flexibility index (Phi) is 6.56. The summed E-state index contributed by atoms with van der Waals surface area (Å²) in [6.45, 7) is 0. The van der Waals surface area contributed by atoms with Gasteiger partial charge in [-0.15, -0.1) is 0 Å². The minimum atomic E-state index is -3.74. The summed E-state index contributed by atoms with van der Waals surface area (Å²) in [4.78, 5) is 12.4. The number of nitrogens with one attached hydrogen (secondary N) is 1. The van der Waals surface area contributed by atoms with Crippen molar-refractivity contribution in [1.29, 1.82) is 0 Å². The molecule has 0 saturated heterocycles. The summed E-state index contributed by atoms with van der Waals surface area (Å²) in [5.41, 5.74) is 2.00. The zero-order chi connectivity index (χ0) is 20.9. The minimum Gasteiger partial charge on any atom is -0.326 e. The maximum Gasteiger partial charge on any atom is 0.264 e. The maximum absolute atomic E-state index is 12.9. The van der Waals surface area contributed by atoms with Crippen LogP contribution in [0, 0.1) is 0 Å². The Morgan fingerprint density at radius 3 is 2.34 bits per heavy atom. The standard InChI is InChI=1S/C22H21ClN2O3S/c1-25(20-7-3-2-4-8-20)29(27,28)21-9-5-6-19(16-21)24-22(26)15-12-17-10-13-18(23)14-11-17/h2-11,13-14,16H,12,15H2,1H3,(H,24,26). The van der Waals surface area contributed by atoms with E-state index in [9.17, 15) is 13.2 Å². The molecule has 0 heterocycles. The molecule has 5 nitrogen and oxygen atoms in total. The molecule has 150 valence electrons. The summed E-state index contributed by atoms with van der Waals surface area (Å²) in [5, 5.41) is 3.42. The van der Waals surface area contributed by atoms with Crippen molar-refractivity contribution < 1.29 is 13.2 Å². The van der Waals surface area contributed by atoms with E-state index in [1.165, 1.54) is 23.5 Å². The Balaban J connectivity index is 1.68. The summed E-state index contributed by atoms with van der Waals surface area (Å²) >= 11 is 5.86. The number of carbonyl (C=O) groups is 1. The first kappa shape index (κ1) is 20.9. The van der Waals surface area contributed by atoms with Crippen molar-refractivity contribution >= 4 is 38.9 Å². The maximum atomic E-state index is 12.9. The highest BCUT2D eigenvalue weighted by molar-refractivity contribution is 7.92. The third kappa shape index (κ3) is 5.37. The van der Waals surface area contributed by atoms with Crippen LogP contribution in [-0.4, -0.2) is 21.4 Å². The van der Waals surface area contributed by atoms with Crippen molar-refractivity contribution in [3.05, 3.63) is 89.4 Å². The molecule has 3 rings (SSSR count). The number of rotatable bonds is 7. The van der Waals surface area contributed by atoms with Gasteiger partial charge in [0.2, 0.25) is 5.91 Å². The van der Waals surface area contributed by atoms with Gasteiger partial charge in [0.05, 0.1) is 10.6 Å². The van der Waals surface area contributed by atoms with Gasteiger partial charge in [0.25, 0.3) is 10.0 Å². The van der Waals surface area contributed by atoms with Gasteiger partial charge in [0, 0.05) is 24.2 Å². The lowest BCUT2D eigenvalue weighted by molar-refractivity contribution is -0.116. The highest BCUT2D eigenvalue weighted by atomic mass is 35.5. The van der Waals surface area contributed by atoms with Crippen LogP contribution in [0.2, 0.25) is 5.02 Å². The van der Waals surface area contributed by atoms with E-state index >= 15 is 0 Å². The number of hydrogen-bond donors (Lipinski definition) is 1. The van der Waals surface area contributed by atoms with Crippen molar-refractivity contribution in [2.24, 2.45) is 0 Å². The summed E-state index contributed by atoms with van der Waals surface area (Å²) < 4.78 is 27.0. The second-order valence-corrected chi connectivity index (χ2v) is 8.92. The molecule has 1 amide bonds. The van der Waals surface area contributed by atoms with Gasteiger partial charge in [0.15, 0.2) is 0 Å². The molecule has 0 fully saturated rings. The molecule has 7 heteroatoms.